The number of aliphatic imine (C=N–C) groups is 1. The van der Waals surface area contributed by atoms with Gasteiger partial charge in [-0.25, -0.2) is 4.99 Å². The van der Waals surface area contributed by atoms with Gasteiger partial charge in [0.25, 0.3) is 5.91 Å². The number of fused-ring (bicyclic) bond motifs is 1. The number of nitrogens with zero attached hydrogens (tertiary/aromatic N) is 1. The maximum absolute atomic E-state index is 13.4. The van der Waals surface area contributed by atoms with Crippen LogP contribution in [-0.4, -0.2) is 25.8 Å². The number of hydrogen-bond acceptors (Lipinski definition) is 6. The van der Waals surface area contributed by atoms with E-state index in [0.29, 0.717) is 35.3 Å². The highest BCUT2D eigenvalue weighted by molar-refractivity contribution is 7.16. The number of carbonyl (C=O) groups is 1. The molecule has 0 aliphatic heterocycles. The molecule has 7 heteroatoms. The Morgan fingerprint density at radius 1 is 1.33 bits per heavy atom. The highest BCUT2D eigenvalue weighted by atomic mass is 32.1. The summed E-state index contributed by atoms with van der Waals surface area (Å²) in [5.41, 5.74) is 2.85. The second kappa shape index (κ2) is 11.0. The number of carbonyl (C=O) groups excluding carboxylic acids is 1. The second-order valence-corrected chi connectivity index (χ2v) is 11.0. The highest BCUT2D eigenvalue weighted by Gasteiger charge is 2.33. The molecule has 36 heavy (non-hydrogen) atoms. The number of amides is 1. The zero-order valence-electron chi connectivity index (χ0n) is 21.2. The van der Waals surface area contributed by atoms with Gasteiger partial charge in [-0.2, -0.15) is 0 Å². The molecule has 188 valence electrons. The first kappa shape index (κ1) is 25.6. The van der Waals surface area contributed by atoms with E-state index in [1.165, 1.54) is 4.88 Å². The third-order valence-corrected chi connectivity index (χ3v) is 7.69. The zero-order valence-corrected chi connectivity index (χ0v) is 22.0. The first-order chi connectivity index (χ1) is 17.3. The summed E-state index contributed by atoms with van der Waals surface area (Å²) in [5, 5.41) is 3.73. The van der Waals surface area contributed by atoms with E-state index >= 15 is 0 Å². The van der Waals surface area contributed by atoms with Gasteiger partial charge in [-0.15, -0.1) is 17.8 Å². The van der Waals surface area contributed by atoms with Crippen LogP contribution in [0.25, 0.3) is 0 Å². The van der Waals surface area contributed by atoms with Crippen molar-refractivity contribution in [1.82, 2.24) is 5.32 Å². The van der Waals surface area contributed by atoms with Crippen molar-refractivity contribution in [1.29, 1.82) is 0 Å². The predicted molar refractivity (Wildman–Crippen MR) is 144 cm³/mol. The summed E-state index contributed by atoms with van der Waals surface area (Å²) in [6, 6.07) is 9.20. The number of methoxy groups -OCH3 is 1. The molecule has 0 unspecified atom stereocenters. The molecule has 0 fully saturated rings. The van der Waals surface area contributed by atoms with Gasteiger partial charge >= 0.3 is 0 Å². The topological polar surface area (TPSA) is 73.1 Å². The number of hydrogen-bond donors (Lipinski definition) is 1. The first-order valence-corrected chi connectivity index (χ1v) is 12.8. The molecule has 1 amide bonds. The lowest BCUT2D eigenvalue weighted by Crippen LogP contribution is -2.28. The molecule has 4 rings (SSSR count). The van der Waals surface area contributed by atoms with Crippen molar-refractivity contribution in [3.05, 3.63) is 63.9 Å². The molecule has 0 spiro atoms. The normalized spacial score (nSPS) is 15.4. The van der Waals surface area contributed by atoms with Crippen LogP contribution in [0.5, 0.6) is 11.5 Å². The lowest BCUT2D eigenvalue weighted by Gasteiger charge is -2.33. The number of terminal acetylenes is 1. The Bertz CT molecular complexity index is 1280. The van der Waals surface area contributed by atoms with Crippen LogP contribution in [0.1, 0.15) is 59.3 Å². The van der Waals surface area contributed by atoms with Crippen LogP contribution in [0.15, 0.2) is 46.0 Å². The van der Waals surface area contributed by atoms with E-state index < -0.39 is 0 Å². The molecular weight excluding hydrogens is 472 g/mol. The zero-order chi connectivity index (χ0) is 25.7. The van der Waals surface area contributed by atoms with Gasteiger partial charge in [0, 0.05) is 11.1 Å². The SMILES string of the molecule is C#CCOc1ccc(C=Nc2sc3c(c2C(=O)NCc2ccco2)CC[C@H](C(C)(C)C)C3)cc1OC. The quantitative estimate of drug-likeness (QED) is 0.293. The summed E-state index contributed by atoms with van der Waals surface area (Å²) in [4.78, 5) is 19.4. The maximum Gasteiger partial charge on any atom is 0.255 e. The van der Waals surface area contributed by atoms with E-state index in [2.05, 4.69) is 32.0 Å². The van der Waals surface area contributed by atoms with Crippen LogP contribution < -0.4 is 14.8 Å². The molecular formula is C29H32N2O4S. The van der Waals surface area contributed by atoms with Crippen LogP contribution in [-0.2, 0) is 19.4 Å². The minimum Gasteiger partial charge on any atom is -0.493 e. The lowest BCUT2D eigenvalue weighted by atomic mass is 9.72. The number of thiophene rings is 1. The molecule has 1 aliphatic rings. The van der Waals surface area contributed by atoms with E-state index in [1.54, 1.807) is 30.9 Å². The molecule has 0 saturated heterocycles. The average Bonchev–Trinajstić information content (AvgIpc) is 3.51. The van der Waals surface area contributed by atoms with Gasteiger partial charge in [0.2, 0.25) is 0 Å². The Morgan fingerprint density at radius 2 is 2.17 bits per heavy atom. The van der Waals surface area contributed by atoms with Gasteiger partial charge < -0.3 is 19.2 Å². The van der Waals surface area contributed by atoms with E-state index in [1.807, 2.05) is 30.3 Å². The summed E-state index contributed by atoms with van der Waals surface area (Å²) >= 11 is 1.62. The van der Waals surface area contributed by atoms with Crippen molar-refractivity contribution < 1.29 is 18.7 Å². The number of nitrogens with one attached hydrogen (secondary N) is 1. The van der Waals surface area contributed by atoms with E-state index in [9.17, 15) is 4.79 Å². The molecule has 3 aromatic rings. The third kappa shape index (κ3) is 5.83. The smallest absolute Gasteiger partial charge is 0.255 e. The van der Waals surface area contributed by atoms with Gasteiger partial charge in [0.1, 0.15) is 17.4 Å². The molecule has 0 radical (unpaired) electrons. The summed E-state index contributed by atoms with van der Waals surface area (Å²) in [6.07, 6.45) is 11.6. The fraction of sp³-hybridized carbons (Fsp3) is 0.379. The van der Waals surface area contributed by atoms with Crippen LogP contribution >= 0.6 is 11.3 Å². The third-order valence-electron chi connectivity index (χ3n) is 6.53. The lowest BCUT2D eigenvalue weighted by molar-refractivity contribution is 0.0947. The van der Waals surface area contributed by atoms with Crippen LogP contribution in [0.4, 0.5) is 5.00 Å². The van der Waals surface area contributed by atoms with E-state index in [0.717, 1.165) is 35.4 Å². The molecule has 2 aromatic heterocycles. The number of rotatable bonds is 8. The summed E-state index contributed by atoms with van der Waals surface area (Å²) in [6.45, 7) is 7.36. The fourth-order valence-corrected chi connectivity index (χ4v) is 5.71. The van der Waals surface area contributed by atoms with Gasteiger partial charge in [-0.1, -0.05) is 26.7 Å². The van der Waals surface area contributed by atoms with Crippen molar-refractivity contribution >= 4 is 28.5 Å². The summed E-state index contributed by atoms with van der Waals surface area (Å²) in [5.74, 6) is 4.76. The van der Waals surface area contributed by atoms with E-state index in [-0.39, 0.29) is 17.9 Å². The number of ether oxygens (including phenoxy) is 2. The van der Waals surface area contributed by atoms with Gasteiger partial charge in [-0.3, -0.25) is 4.79 Å². The largest absolute Gasteiger partial charge is 0.493 e. The number of benzene rings is 1. The first-order valence-electron chi connectivity index (χ1n) is 12.0. The molecule has 0 bridgehead atoms. The highest BCUT2D eigenvalue weighted by Crippen LogP contribution is 2.45. The molecule has 1 atom stereocenters. The van der Waals surface area contributed by atoms with Crippen LogP contribution in [0.3, 0.4) is 0 Å². The second-order valence-electron chi connectivity index (χ2n) is 9.91. The maximum atomic E-state index is 13.4. The number of furan rings is 1. The van der Waals surface area contributed by atoms with Gasteiger partial charge in [0.15, 0.2) is 11.5 Å². The Kier molecular flexibility index (Phi) is 7.85. The molecule has 0 saturated carbocycles. The predicted octanol–water partition coefficient (Wildman–Crippen LogP) is 6.19. The monoisotopic (exact) mass is 504 g/mol. The van der Waals surface area contributed by atoms with Crippen LogP contribution in [0.2, 0.25) is 0 Å². The van der Waals surface area contributed by atoms with Crippen molar-refractivity contribution in [2.24, 2.45) is 16.3 Å². The minimum atomic E-state index is -0.124. The van der Waals surface area contributed by atoms with Crippen molar-refractivity contribution in [3.8, 4) is 23.8 Å². The fourth-order valence-electron chi connectivity index (χ4n) is 4.44. The van der Waals surface area contributed by atoms with E-state index in [4.69, 9.17) is 25.3 Å². The van der Waals surface area contributed by atoms with Gasteiger partial charge in [-0.05, 0) is 72.1 Å². The van der Waals surface area contributed by atoms with Crippen molar-refractivity contribution in [3.63, 3.8) is 0 Å². The van der Waals surface area contributed by atoms with Gasteiger partial charge in [0.05, 0.1) is 25.5 Å². The standard InChI is InChI=1S/C29H32N2O4S/c1-6-13-35-23-12-9-19(15-24(23)33-5)17-31-28-26(27(32)30-18-21-8-7-14-34-21)22-11-10-20(29(2,3)4)16-25(22)36-28/h1,7-9,12,14-15,17,20H,10-11,13,16,18H2,2-5H3,(H,30,32)/t20-/m0/s1. The Labute approximate surface area is 216 Å². The molecule has 1 aromatic carbocycles. The Morgan fingerprint density at radius 3 is 2.86 bits per heavy atom. The molecule has 2 heterocycles. The Hall–Kier alpha value is -3.50. The minimum absolute atomic E-state index is 0.124. The summed E-state index contributed by atoms with van der Waals surface area (Å²) < 4.78 is 16.4. The molecule has 1 N–H and O–H groups in total. The molecule has 6 nitrogen and oxygen atoms in total. The van der Waals surface area contributed by atoms with Crippen molar-refractivity contribution in [2.45, 2.75) is 46.6 Å². The average molecular weight is 505 g/mol. The Balaban J connectivity index is 1.64. The van der Waals surface area contributed by atoms with Crippen molar-refractivity contribution in [2.75, 3.05) is 13.7 Å². The summed E-state index contributed by atoms with van der Waals surface area (Å²) in [7, 11) is 1.58. The van der Waals surface area contributed by atoms with Crippen LogP contribution in [0, 0.1) is 23.7 Å². The molecule has 1 aliphatic carbocycles.